The van der Waals surface area contributed by atoms with E-state index in [-0.39, 0.29) is 17.5 Å². The number of ether oxygens (including phenoxy) is 1. The van der Waals surface area contributed by atoms with Crippen molar-refractivity contribution >= 4 is 28.3 Å². The number of aliphatic hydroxyl groups is 1. The van der Waals surface area contributed by atoms with E-state index in [1.54, 1.807) is 54.7 Å². The number of amides is 1. The molecule has 2 aromatic carbocycles. The van der Waals surface area contributed by atoms with E-state index in [4.69, 9.17) is 10.5 Å². The van der Waals surface area contributed by atoms with Gasteiger partial charge in [-0.1, -0.05) is 24.3 Å². The van der Waals surface area contributed by atoms with E-state index in [0.717, 1.165) is 5.56 Å². The van der Waals surface area contributed by atoms with Gasteiger partial charge >= 0.3 is 6.18 Å². The number of halogens is 3. The first-order valence-electron chi connectivity index (χ1n) is 10.4. The second-order valence-corrected chi connectivity index (χ2v) is 7.68. The first-order chi connectivity index (χ1) is 16.6. The molecule has 0 unspecified atom stereocenters. The van der Waals surface area contributed by atoms with Crippen LogP contribution in [0.2, 0.25) is 0 Å². The smallest absolute Gasteiger partial charge is 0.414 e. The predicted octanol–water partition coefficient (Wildman–Crippen LogP) is 4.63. The molecule has 0 bridgehead atoms. The Labute approximate surface area is 197 Å². The van der Waals surface area contributed by atoms with Crippen LogP contribution in [0.3, 0.4) is 0 Å². The number of anilines is 2. The Bertz CT molecular complexity index is 1390. The predicted molar refractivity (Wildman–Crippen MR) is 124 cm³/mol. The summed E-state index contributed by atoms with van der Waals surface area (Å²) in [6, 6.07) is 13.6. The molecule has 180 valence electrons. The summed E-state index contributed by atoms with van der Waals surface area (Å²) in [4.78, 5) is 24.6. The number of carbonyl (C=O) groups is 1. The van der Waals surface area contributed by atoms with Crippen molar-refractivity contribution in [2.45, 2.75) is 25.6 Å². The zero-order valence-corrected chi connectivity index (χ0v) is 18.4. The zero-order chi connectivity index (χ0) is 25.2. The molecule has 0 radical (unpaired) electrons. The molecule has 4 rings (SSSR count). The molecular formula is C24H20F3N5O3. The number of nitrogens with zero attached hydrogens (tertiary/aromatic N) is 3. The fraction of sp³-hybridized carbons (Fsp3) is 0.167. The highest BCUT2D eigenvalue weighted by Crippen LogP contribution is 2.38. The van der Waals surface area contributed by atoms with Gasteiger partial charge < -0.3 is 20.9 Å². The van der Waals surface area contributed by atoms with E-state index in [0.29, 0.717) is 27.8 Å². The number of hydrogen-bond donors (Lipinski definition) is 3. The average molecular weight is 483 g/mol. The van der Waals surface area contributed by atoms with Crippen LogP contribution >= 0.6 is 0 Å². The topological polar surface area (TPSA) is 123 Å². The van der Waals surface area contributed by atoms with E-state index in [2.05, 4.69) is 20.3 Å². The van der Waals surface area contributed by atoms with E-state index < -0.39 is 24.6 Å². The molecule has 0 aliphatic carbocycles. The molecule has 0 saturated heterocycles. The van der Waals surface area contributed by atoms with Crippen LogP contribution in [0.15, 0.2) is 60.9 Å². The Morgan fingerprint density at radius 2 is 1.89 bits per heavy atom. The van der Waals surface area contributed by atoms with E-state index in [1.807, 2.05) is 6.92 Å². The van der Waals surface area contributed by atoms with Gasteiger partial charge in [0.2, 0.25) is 17.7 Å². The summed E-state index contributed by atoms with van der Waals surface area (Å²) < 4.78 is 44.1. The number of fused-ring (bicyclic) bond motifs is 1. The van der Waals surface area contributed by atoms with Crippen LogP contribution in [-0.2, 0) is 4.79 Å². The van der Waals surface area contributed by atoms with Crippen LogP contribution in [0.1, 0.15) is 12.0 Å². The van der Waals surface area contributed by atoms with Crippen LogP contribution in [0.4, 0.5) is 24.8 Å². The van der Waals surface area contributed by atoms with Crippen molar-refractivity contribution < 1.29 is 27.8 Å². The lowest BCUT2D eigenvalue weighted by Crippen LogP contribution is -2.32. The van der Waals surface area contributed by atoms with E-state index in [9.17, 15) is 23.1 Å². The number of rotatable bonds is 6. The van der Waals surface area contributed by atoms with Gasteiger partial charge in [0.15, 0.2) is 6.10 Å². The molecule has 35 heavy (non-hydrogen) atoms. The summed E-state index contributed by atoms with van der Waals surface area (Å²) >= 11 is 0. The van der Waals surface area contributed by atoms with Gasteiger partial charge in [-0.15, -0.1) is 0 Å². The average Bonchev–Trinajstić information content (AvgIpc) is 2.80. The molecular weight excluding hydrogens is 463 g/mol. The van der Waals surface area contributed by atoms with E-state index in [1.165, 1.54) is 6.20 Å². The number of carbonyl (C=O) groups excluding carboxylic acids is 1. The van der Waals surface area contributed by atoms with Crippen molar-refractivity contribution in [2.75, 3.05) is 11.1 Å². The highest BCUT2D eigenvalue weighted by atomic mass is 19.4. The fourth-order valence-electron chi connectivity index (χ4n) is 3.46. The van der Waals surface area contributed by atoms with Crippen molar-refractivity contribution in [1.29, 1.82) is 0 Å². The Hall–Kier alpha value is -4.25. The normalized spacial score (nSPS) is 12.4. The Morgan fingerprint density at radius 3 is 2.63 bits per heavy atom. The van der Waals surface area contributed by atoms with Crippen LogP contribution in [0.5, 0.6) is 11.6 Å². The number of aliphatic hydroxyl groups excluding tert-OH is 1. The molecule has 0 aliphatic heterocycles. The molecule has 0 aliphatic rings. The molecule has 0 saturated carbocycles. The number of nitrogen functional groups attached to an aromatic ring is 1. The van der Waals surface area contributed by atoms with Gasteiger partial charge in [0.05, 0.1) is 17.7 Å². The molecule has 4 N–H and O–H groups in total. The highest BCUT2D eigenvalue weighted by Gasteiger charge is 2.39. The maximum absolute atomic E-state index is 12.6. The standard InChI is InChI=1S/C24H20F3N5O3/c1-13-7-8-14-15(4-2-6-17(14)31-20(34)12-19(33)24(25,26)27)21(13)35-22-16(5-3-10-29-22)18-9-11-30-23(28)32-18/h2-11,19,33H,12H2,1H3,(H,31,34)(H2,28,30,32)/t19-/m0/s1. The van der Waals surface area contributed by atoms with Gasteiger partial charge in [0.1, 0.15) is 5.75 Å². The second kappa shape index (κ2) is 9.55. The molecule has 2 heterocycles. The van der Waals surface area contributed by atoms with Crippen LogP contribution in [0.25, 0.3) is 22.0 Å². The third kappa shape index (κ3) is 5.30. The van der Waals surface area contributed by atoms with Crippen LogP contribution in [0, 0.1) is 6.92 Å². The number of nitrogens with one attached hydrogen (secondary N) is 1. The minimum atomic E-state index is -4.89. The van der Waals surface area contributed by atoms with Gasteiger partial charge in [-0.2, -0.15) is 13.2 Å². The summed E-state index contributed by atoms with van der Waals surface area (Å²) in [5, 5.41) is 12.8. The number of aromatic nitrogens is 3. The first kappa shape index (κ1) is 23.9. The summed E-state index contributed by atoms with van der Waals surface area (Å²) in [7, 11) is 0. The van der Waals surface area contributed by atoms with Crippen molar-refractivity contribution in [3.8, 4) is 22.9 Å². The fourth-order valence-corrected chi connectivity index (χ4v) is 3.46. The molecule has 0 fully saturated rings. The summed E-state index contributed by atoms with van der Waals surface area (Å²) in [5.74, 6) is -0.187. The maximum Gasteiger partial charge on any atom is 0.414 e. The minimum Gasteiger partial charge on any atom is -0.437 e. The molecule has 1 atom stereocenters. The molecule has 11 heteroatoms. The Kier molecular flexibility index (Phi) is 6.52. The van der Waals surface area contributed by atoms with Crippen molar-refractivity contribution in [1.82, 2.24) is 15.0 Å². The van der Waals surface area contributed by atoms with Gasteiger partial charge in [-0.25, -0.2) is 15.0 Å². The SMILES string of the molecule is Cc1ccc2c(NC(=O)C[C@H](O)C(F)(F)F)cccc2c1Oc1ncccc1-c1ccnc(N)n1. The molecule has 8 nitrogen and oxygen atoms in total. The quantitative estimate of drug-likeness (QED) is 0.365. The summed E-state index contributed by atoms with van der Waals surface area (Å²) in [6.07, 6.45) is -5.68. The lowest BCUT2D eigenvalue weighted by atomic mass is 10.0. The molecule has 1 amide bonds. The minimum absolute atomic E-state index is 0.0923. The van der Waals surface area contributed by atoms with Gasteiger partial charge in [0.25, 0.3) is 0 Å². The molecule has 2 aromatic heterocycles. The number of pyridine rings is 1. The van der Waals surface area contributed by atoms with Crippen molar-refractivity contribution in [3.63, 3.8) is 0 Å². The summed E-state index contributed by atoms with van der Waals surface area (Å²) in [5.41, 5.74) is 7.82. The zero-order valence-electron chi connectivity index (χ0n) is 18.4. The lowest BCUT2D eigenvalue weighted by molar-refractivity contribution is -0.205. The van der Waals surface area contributed by atoms with Crippen molar-refractivity contribution in [2.24, 2.45) is 0 Å². The second-order valence-electron chi connectivity index (χ2n) is 7.68. The van der Waals surface area contributed by atoms with Gasteiger partial charge in [0, 0.05) is 28.9 Å². The van der Waals surface area contributed by atoms with Gasteiger partial charge in [-0.05, 0) is 36.8 Å². The molecule has 4 aromatic rings. The Balaban J connectivity index is 1.70. The van der Waals surface area contributed by atoms with Crippen molar-refractivity contribution in [3.05, 3.63) is 66.5 Å². The van der Waals surface area contributed by atoms with Gasteiger partial charge in [-0.3, -0.25) is 4.79 Å². The summed E-state index contributed by atoms with van der Waals surface area (Å²) in [6.45, 7) is 1.82. The monoisotopic (exact) mass is 483 g/mol. The Morgan fingerprint density at radius 1 is 1.09 bits per heavy atom. The lowest BCUT2D eigenvalue weighted by Gasteiger charge is -2.17. The number of aryl methyl sites for hydroxylation is 1. The number of hydrogen-bond acceptors (Lipinski definition) is 7. The maximum atomic E-state index is 12.6. The number of benzene rings is 2. The number of nitrogens with two attached hydrogens (primary N) is 1. The first-order valence-corrected chi connectivity index (χ1v) is 10.4. The highest BCUT2D eigenvalue weighted by molar-refractivity contribution is 6.04. The van der Waals surface area contributed by atoms with Crippen LogP contribution in [-0.4, -0.2) is 38.2 Å². The number of alkyl halides is 3. The third-order valence-corrected chi connectivity index (χ3v) is 5.16. The molecule has 0 spiro atoms. The van der Waals surface area contributed by atoms with E-state index >= 15 is 0 Å². The third-order valence-electron chi connectivity index (χ3n) is 5.16. The van der Waals surface area contributed by atoms with Crippen LogP contribution < -0.4 is 15.8 Å². The largest absolute Gasteiger partial charge is 0.437 e.